The van der Waals surface area contributed by atoms with Gasteiger partial charge in [-0.2, -0.15) is 0 Å². The summed E-state index contributed by atoms with van der Waals surface area (Å²) in [4.78, 5) is 0. The molecule has 0 atom stereocenters. The van der Waals surface area contributed by atoms with Crippen molar-refractivity contribution in [3.63, 3.8) is 0 Å². The summed E-state index contributed by atoms with van der Waals surface area (Å²) in [5, 5.41) is 0. The largest absolute Gasteiger partial charge is 0.0917 e. The molecule has 0 aromatic carbocycles. The number of allylic oxidation sites excluding steroid dienone is 2. The fourth-order valence-corrected chi connectivity index (χ4v) is 1.74. The third-order valence-corrected chi connectivity index (χ3v) is 2.71. The molecule has 0 aromatic heterocycles. The van der Waals surface area contributed by atoms with Gasteiger partial charge < -0.3 is 0 Å². The average Bonchev–Trinajstić information content (AvgIpc) is 2.21. The minimum absolute atomic E-state index is 1.28. The Bertz CT molecular complexity index is 113. The number of hydrogen-bond acceptors (Lipinski definition) is 0. The zero-order valence-electron chi connectivity index (χ0n) is 10.2. The molecule has 0 aliphatic heterocycles. The first-order valence-electron chi connectivity index (χ1n) is 6.53. The van der Waals surface area contributed by atoms with Gasteiger partial charge in [-0.3, -0.25) is 0 Å². The second kappa shape index (κ2) is 12.7. The van der Waals surface area contributed by atoms with Crippen LogP contribution in [-0.2, 0) is 0 Å². The smallest absolute Gasteiger partial charge is 0.0351 e. The molecular weight excluding hydrogens is 168 g/mol. The first-order chi connectivity index (χ1) is 6.91. The monoisotopic (exact) mass is 196 g/mol. The van der Waals surface area contributed by atoms with Crippen LogP contribution in [0, 0.1) is 0 Å². The van der Waals surface area contributed by atoms with Crippen LogP contribution < -0.4 is 0 Å². The van der Waals surface area contributed by atoms with Gasteiger partial charge in [0, 0.05) is 0 Å². The second-order valence-electron chi connectivity index (χ2n) is 4.19. The van der Waals surface area contributed by atoms with Gasteiger partial charge in [0.2, 0.25) is 0 Å². The lowest BCUT2D eigenvalue weighted by molar-refractivity contribution is 0.566. The maximum atomic E-state index is 2.28. The Hall–Kier alpha value is -0.260. The van der Waals surface area contributed by atoms with E-state index >= 15 is 0 Å². The molecule has 84 valence electrons. The quantitative estimate of drug-likeness (QED) is 0.320. The van der Waals surface area contributed by atoms with Crippen LogP contribution in [0.5, 0.6) is 0 Å². The van der Waals surface area contributed by atoms with Crippen molar-refractivity contribution in [2.24, 2.45) is 0 Å². The summed E-state index contributed by atoms with van der Waals surface area (Å²) >= 11 is 0. The standard InChI is InChI=1S/C14H28/c1-3-5-7-9-11-13-14-12-10-8-6-4-2/h3,5H,4,6-14H2,1-2H3/b5-3+. The van der Waals surface area contributed by atoms with Crippen LogP contribution in [0.1, 0.15) is 78.1 Å². The Labute approximate surface area is 90.8 Å². The lowest BCUT2D eigenvalue weighted by Gasteiger charge is -2.00. The van der Waals surface area contributed by atoms with E-state index < -0.39 is 0 Å². The fraction of sp³-hybridized carbons (Fsp3) is 0.857. The van der Waals surface area contributed by atoms with Crippen molar-refractivity contribution in [2.75, 3.05) is 0 Å². The van der Waals surface area contributed by atoms with Gasteiger partial charge in [-0.25, -0.2) is 0 Å². The van der Waals surface area contributed by atoms with E-state index in [1.807, 2.05) is 0 Å². The summed E-state index contributed by atoms with van der Waals surface area (Å²) in [7, 11) is 0. The first kappa shape index (κ1) is 13.7. The van der Waals surface area contributed by atoms with Gasteiger partial charge in [0.05, 0.1) is 0 Å². The van der Waals surface area contributed by atoms with Crippen LogP contribution >= 0.6 is 0 Å². The van der Waals surface area contributed by atoms with Crippen LogP contribution in [0.2, 0.25) is 0 Å². The Kier molecular flexibility index (Phi) is 12.5. The summed E-state index contributed by atoms with van der Waals surface area (Å²) in [6.45, 7) is 4.38. The molecule has 14 heavy (non-hydrogen) atoms. The summed E-state index contributed by atoms with van der Waals surface area (Å²) in [5.41, 5.74) is 0. The molecule has 0 fully saturated rings. The van der Waals surface area contributed by atoms with E-state index in [0.717, 1.165) is 0 Å². The zero-order chi connectivity index (χ0) is 10.5. The van der Waals surface area contributed by atoms with Crippen LogP contribution in [0.4, 0.5) is 0 Å². The third-order valence-electron chi connectivity index (χ3n) is 2.71. The number of unbranched alkanes of at least 4 members (excludes halogenated alkanes) is 9. The van der Waals surface area contributed by atoms with Gasteiger partial charge in [-0.05, 0) is 19.8 Å². The van der Waals surface area contributed by atoms with Crippen molar-refractivity contribution in [1.29, 1.82) is 0 Å². The SMILES string of the molecule is C/C=C/CCCCCCCCCCC. The van der Waals surface area contributed by atoms with Gasteiger partial charge in [-0.1, -0.05) is 70.4 Å². The molecule has 0 N–H and O–H groups in total. The molecule has 0 saturated carbocycles. The van der Waals surface area contributed by atoms with E-state index in [-0.39, 0.29) is 0 Å². The number of rotatable bonds is 10. The minimum Gasteiger partial charge on any atom is -0.0917 e. The molecule has 0 radical (unpaired) electrons. The predicted octanol–water partition coefficient (Wildman–Crippen LogP) is 5.48. The first-order valence-corrected chi connectivity index (χ1v) is 6.53. The molecular formula is C14H28. The molecule has 0 aromatic rings. The molecule has 0 bridgehead atoms. The lowest BCUT2D eigenvalue weighted by Crippen LogP contribution is -1.80. The Balaban J connectivity index is 2.85. The second-order valence-corrected chi connectivity index (χ2v) is 4.19. The fourth-order valence-electron chi connectivity index (χ4n) is 1.74. The van der Waals surface area contributed by atoms with Gasteiger partial charge in [0.1, 0.15) is 0 Å². The van der Waals surface area contributed by atoms with Gasteiger partial charge in [0.25, 0.3) is 0 Å². The lowest BCUT2D eigenvalue weighted by atomic mass is 10.1. The van der Waals surface area contributed by atoms with Gasteiger partial charge in [-0.15, -0.1) is 0 Å². The van der Waals surface area contributed by atoms with Crippen LogP contribution in [-0.4, -0.2) is 0 Å². The van der Waals surface area contributed by atoms with Crippen LogP contribution in [0.3, 0.4) is 0 Å². The van der Waals surface area contributed by atoms with Crippen molar-refractivity contribution in [2.45, 2.75) is 78.1 Å². The molecule has 0 saturated heterocycles. The van der Waals surface area contributed by atoms with E-state index in [1.165, 1.54) is 64.2 Å². The van der Waals surface area contributed by atoms with E-state index in [1.54, 1.807) is 0 Å². The van der Waals surface area contributed by atoms with Crippen molar-refractivity contribution in [3.8, 4) is 0 Å². The van der Waals surface area contributed by atoms with Crippen LogP contribution in [0.15, 0.2) is 12.2 Å². The normalized spacial score (nSPS) is 11.3. The number of hydrogen-bond donors (Lipinski definition) is 0. The van der Waals surface area contributed by atoms with Crippen molar-refractivity contribution >= 4 is 0 Å². The van der Waals surface area contributed by atoms with Crippen LogP contribution in [0.25, 0.3) is 0 Å². The zero-order valence-corrected chi connectivity index (χ0v) is 10.2. The summed E-state index contributed by atoms with van der Waals surface area (Å²) in [6.07, 6.45) is 18.6. The maximum Gasteiger partial charge on any atom is -0.0351 e. The molecule has 0 heteroatoms. The minimum atomic E-state index is 1.28. The Morgan fingerprint density at radius 1 is 0.714 bits per heavy atom. The van der Waals surface area contributed by atoms with E-state index in [9.17, 15) is 0 Å². The molecule has 0 nitrogen and oxygen atoms in total. The Morgan fingerprint density at radius 2 is 1.21 bits per heavy atom. The van der Waals surface area contributed by atoms with Crippen molar-refractivity contribution in [1.82, 2.24) is 0 Å². The molecule has 0 aliphatic carbocycles. The molecule has 0 heterocycles. The topological polar surface area (TPSA) is 0 Å². The van der Waals surface area contributed by atoms with E-state index in [0.29, 0.717) is 0 Å². The Morgan fingerprint density at radius 3 is 1.71 bits per heavy atom. The maximum absolute atomic E-state index is 2.28. The third kappa shape index (κ3) is 11.7. The molecule has 0 rings (SSSR count). The molecule has 0 amide bonds. The highest BCUT2D eigenvalue weighted by Gasteiger charge is 1.90. The van der Waals surface area contributed by atoms with Gasteiger partial charge in [0.15, 0.2) is 0 Å². The predicted molar refractivity (Wildman–Crippen MR) is 66.7 cm³/mol. The molecule has 0 aliphatic rings. The van der Waals surface area contributed by atoms with E-state index in [4.69, 9.17) is 0 Å². The highest BCUT2D eigenvalue weighted by atomic mass is 14.0. The summed E-state index contributed by atoms with van der Waals surface area (Å²) in [6, 6.07) is 0. The van der Waals surface area contributed by atoms with E-state index in [2.05, 4.69) is 26.0 Å². The highest BCUT2D eigenvalue weighted by molar-refractivity contribution is 4.76. The highest BCUT2D eigenvalue weighted by Crippen LogP contribution is 2.10. The molecule has 0 unspecified atom stereocenters. The molecule has 0 spiro atoms. The summed E-state index contributed by atoms with van der Waals surface area (Å²) < 4.78 is 0. The summed E-state index contributed by atoms with van der Waals surface area (Å²) in [5.74, 6) is 0. The average molecular weight is 196 g/mol. The van der Waals surface area contributed by atoms with Gasteiger partial charge >= 0.3 is 0 Å². The van der Waals surface area contributed by atoms with Crippen molar-refractivity contribution < 1.29 is 0 Å². The van der Waals surface area contributed by atoms with Crippen molar-refractivity contribution in [3.05, 3.63) is 12.2 Å².